The Morgan fingerprint density at radius 1 is 0.893 bits per heavy atom. The van der Waals surface area contributed by atoms with Gasteiger partial charge in [-0.3, -0.25) is 9.78 Å². The predicted molar refractivity (Wildman–Crippen MR) is 107 cm³/mol. The summed E-state index contributed by atoms with van der Waals surface area (Å²) in [6, 6.07) is 20.5. The second-order valence-electron chi connectivity index (χ2n) is 5.97. The zero-order valence-corrected chi connectivity index (χ0v) is 14.8. The monoisotopic (exact) mass is 368 g/mol. The molecule has 0 unspecified atom stereocenters. The lowest BCUT2D eigenvalue weighted by Gasteiger charge is -2.05. The Kier molecular flexibility index (Phi) is 5.02. The summed E-state index contributed by atoms with van der Waals surface area (Å²) in [6.45, 7) is 0. The van der Waals surface area contributed by atoms with Crippen molar-refractivity contribution in [1.82, 2.24) is 15.1 Å². The van der Waals surface area contributed by atoms with Crippen molar-refractivity contribution >= 4 is 23.7 Å². The number of nitrogens with zero attached hydrogens (tertiary/aromatic N) is 3. The third-order valence-corrected chi connectivity index (χ3v) is 4.00. The number of rotatable bonds is 5. The fourth-order valence-electron chi connectivity index (χ4n) is 2.56. The molecule has 1 amide bonds. The van der Waals surface area contributed by atoms with Crippen LogP contribution >= 0.6 is 0 Å². The van der Waals surface area contributed by atoms with Crippen LogP contribution in [0.15, 0.2) is 83.6 Å². The molecule has 2 aromatic carbocycles. The molecule has 0 aliphatic heterocycles. The maximum absolute atomic E-state index is 12.2. The number of nitrogens with one attached hydrogen (secondary N) is 1. The number of carbonyl (C=O) groups is 1. The lowest BCUT2D eigenvalue weighted by molar-refractivity contribution is 0.102. The second kappa shape index (κ2) is 8.09. The molecule has 0 bridgehead atoms. The van der Waals surface area contributed by atoms with Gasteiger partial charge in [0.05, 0.1) is 0 Å². The van der Waals surface area contributed by atoms with Gasteiger partial charge in [0.15, 0.2) is 0 Å². The smallest absolute Gasteiger partial charge is 0.255 e. The molecule has 0 saturated carbocycles. The van der Waals surface area contributed by atoms with Gasteiger partial charge in [-0.25, -0.2) is 0 Å². The Labute approximate surface area is 161 Å². The second-order valence-corrected chi connectivity index (χ2v) is 5.97. The first-order chi connectivity index (χ1) is 13.8. The molecular weight excluding hydrogens is 352 g/mol. The van der Waals surface area contributed by atoms with E-state index in [1.807, 2.05) is 48.5 Å². The van der Waals surface area contributed by atoms with Crippen LogP contribution in [0.3, 0.4) is 0 Å². The Morgan fingerprint density at radius 2 is 1.64 bits per heavy atom. The van der Waals surface area contributed by atoms with Gasteiger partial charge in [0, 0.05) is 35.3 Å². The van der Waals surface area contributed by atoms with Crippen LogP contribution in [0.4, 0.5) is 5.69 Å². The van der Waals surface area contributed by atoms with Crippen molar-refractivity contribution in [1.29, 1.82) is 0 Å². The minimum atomic E-state index is -0.192. The van der Waals surface area contributed by atoms with Crippen LogP contribution in [0.2, 0.25) is 0 Å². The Balaban J connectivity index is 1.44. The number of hydrogen-bond donors (Lipinski definition) is 1. The van der Waals surface area contributed by atoms with Crippen molar-refractivity contribution in [2.24, 2.45) is 0 Å². The summed E-state index contributed by atoms with van der Waals surface area (Å²) in [5.41, 5.74) is 3.08. The molecule has 1 N–H and O–H groups in total. The van der Waals surface area contributed by atoms with E-state index in [1.165, 1.54) is 0 Å². The highest BCUT2D eigenvalue weighted by atomic mass is 16.5. The maximum Gasteiger partial charge on any atom is 0.255 e. The highest BCUT2D eigenvalue weighted by molar-refractivity contribution is 6.04. The number of amides is 1. The Hall–Kier alpha value is -4.06. The number of hydrogen-bond acceptors (Lipinski definition) is 5. The number of benzene rings is 2. The van der Waals surface area contributed by atoms with Crippen molar-refractivity contribution in [3.8, 4) is 11.4 Å². The third kappa shape index (κ3) is 4.19. The fourth-order valence-corrected chi connectivity index (χ4v) is 2.56. The molecule has 0 saturated heterocycles. The molecule has 0 aliphatic rings. The van der Waals surface area contributed by atoms with Crippen LogP contribution in [0.1, 0.15) is 21.8 Å². The van der Waals surface area contributed by atoms with Crippen molar-refractivity contribution in [3.63, 3.8) is 0 Å². The van der Waals surface area contributed by atoms with Gasteiger partial charge in [0.1, 0.15) is 0 Å². The largest absolute Gasteiger partial charge is 0.334 e. The lowest BCUT2D eigenvalue weighted by Crippen LogP contribution is -2.11. The summed E-state index contributed by atoms with van der Waals surface area (Å²) in [5, 5.41) is 6.84. The standard InChI is InChI=1S/C22H16N4O2/c27-22(18-12-14-23-15-13-18)24-19-9-7-17(8-10-19)21-25-20(28-26-21)11-6-16-4-2-1-3-5-16/h1-15H,(H,24,27). The average Bonchev–Trinajstić information content (AvgIpc) is 3.23. The van der Waals surface area contributed by atoms with E-state index in [9.17, 15) is 4.79 Å². The van der Waals surface area contributed by atoms with Crippen LogP contribution in [-0.4, -0.2) is 21.0 Å². The van der Waals surface area contributed by atoms with Crippen LogP contribution in [0, 0.1) is 0 Å². The van der Waals surface area contributed by atoms with E-state index >= 15 is 0 Å². The van der Waals surface area contributed by atoms with E-state index in [-0.39, 0.29) is 5.91 Å². The first-order valence-electron chi connectivity index (χ1n) is 8.66. The SMILES string of the molecule is O=C(Nc1ccc(-c2noc(C=Cc3ccccc3)n2)cc1)c1ccncc1. The molecule has 2 heterocycles. The molecule has 0 fully saturated rings. The first kappa shape index (κ1) is 17.4. The van der Waals surface area contributed by atoms with Gasteiger partial charge in [0.2, 0.25) is 5.82 Å². The number of aromatic nitrogens is 3. The normalized spacial score (nSPS) is 10.9. The summed E-state index contributed by atoms with van der Waals surface area (Å²) in [5.74, 6) is 0.719. The van der Waals surface area contributed by atoms with E-state index < -0.39 is 0 Å². The van der Waals surface area contributed by atoms with Gasteiger partial charge in [0.25, 0.3) is 11.8 Å². The van der Waals surface area contributed by atoms with E-state index in [4.69, 9.17) is 4.52 Å². The summed E-state index contributed by atoms with van der Waals surface area (Å²) in [7, 11) is 0. The maximum atomic E-state index is 12.2. The molecule has 28 heavy (non-hydrogen) atoms. The summed E-state index contributed by atoms with van der Waals surface area (Å²) >= 11 is 0. The predicted octanol–water partition coefficient (Wildman–Crippen LogP) is 4.55. The van der Waals surface area contributed by atoms with Gasteiger partial charge >= 0.3 is 0 Å². The molecule has 4 aromatic rings. The van der Waals surface area contributed by atoms with E-state index in [2.05, 4.69) is 20.4 Å². The number of carbonyl (C=O) groups excluding carboxylic acids is 1. The minimum absolute atomic E-state index is 0.192. The van der Waals surface area contributed by atoms with E-state index in [0.29, 0.717) is 23.0 Å². The molecule has 0 radical (unpaired) electrons. The van der Waals surface area contributed by atoms with Crippen LogP contribution < -0.4 is 5.32 Å². The quantitative estimate of drug-likeness (QED) is 0.559. The molecule has 6 nitrogen and oxygen atoms in total. The van der Waals surface area contributed by atoms with Crippen molar-refractivity contribution < 1.29 is 9.32 Å². The van der Waals surface area contributed by atoms with Crippen LogP contribution in [0.5, 0.6) is 0 Å². The Bertz CT molecular complexity index is 1090. The molecule has 0 aliphatic carbocycles. The first-order valence-corrected chi connectivity index (χ1v) is 8.66. The summed E-state index contributed by atoms with van der Waals surface area (Å²) < 4.78 is 5.27. The minimum Gasteiger partial charge on any atom is -0.334 e. The highest BCUT2D eigenvalue weighted by Gasteiger charge is 2.08. The zero-order valence-electron chi connectivity index (χ0n) is 14.8. The van der Waals surface area contributed by atoms with E-state index in [1.54, 1.807) is 42.7 Å². The molecular formula is C22H16N4O2. The van der Waals surface area contributed by atoms with Gasteiger partial charge in [-0.15, -0.1) is 0 Å². The molecule has 2 aromatic heterocycles. The van der Waals surface area contributed by atoms with Gasteiger partial charge < -0.3 is 9.84 Å². The topological polar surface area (TPSA) is 80.9 Å². The van der Waals surface area contributed by atoms with Gasteiger partial charge in [-0.2, -0.15) is 4.98 Å². The number of anilines is 1. The Morgan fingerprint density at radius 3 is 2.39 bits per heavy atom. The van der Waals surface area contributed by atoms with Gasteiger partial charge in [-0.05, 0) is 48.0 Å². The molecule has 6 heteroatoms. The van der Waals surface area contributed by atoms with E-state index in [0.717, 1.165) is 11.1 Å². The average molecular weight is 368 g/mol. The summed E-state index contributed by atoms with van der Waals surface area (Å²) in [6.07, 6.45) is 6.85. The van der Waals surface area contributed by atoms with Crippen molar-refractivity contribution in [2.45, 2.75) is 0 Å². The molecule has 0 spiro atoms. The van der Waals surface area contributed by atoms with Gasteiger partial charge in [-0.1, -0.05) is 35.5 Å². The third-order valence-electron chi connectivity index (χ3n) is 4.00. The van der Waals surface area contributed by atoms with Crippen LogP contribution in [0.25, 0.3) is 23.5 Å². The zero-order chi connectivity index (χ0) is 19.2. The fraction of sp³-hybridized carbons (Fsp3) is 0. The molecule has 0 atom stereocenters. The van der Waals surface area contributed by atoms with Crippen molar-refractivity contribution in [3.05, 3.63) is 96.1 Å². The molecule has 136 valence electrons. The number of pyridine rings is 1. The summed E-state index contributed by atoms with van der Waals surface area (Å²) in [4.78, 5) is 20.5. The van der Waals surface area contributed by atoms with Crippen molar-refractivity contribution in [2.75, 3.05) is 5.32 Å². The lowest BCUT2D eigenvalue weighted by atomic mass is 10.2. The molecule has 4 rings (SSSR count). The highest BCUT2D eigenvalue weighted by Crippen LogP contribution is 2.20. The van der Waals surface area contributed by atoms with Crippen LogP contribution in [-0.2, 0) is 0 Å².